The van der Waals surface area contributed by atoms with Gasteiger partial charge in [-0.1, -0.05) is 11.8 Å². The molecule has 2 aromatic carbocycles. The van der Waals surface area contributed by atoms with E-state index in [0.717, 1.165) is 5.56 Å². The molecule has 1 aliphatic heterocycles. The summed E-state index contributed by atoms with van der Waals surface area (Å²) >= 11 is 0. The van der Waals surface area contributed by atoms with Gasteiger partial charge >= 0.3 is 6.03 Å². The minimum atomic E-state index is -0.485. The molecule has 7 nitrogen and oxygen atoms in total. The number of nitrogens with one attached hydrogen (secondary N) is 2. The molecule has 0 bridgehead atoms. The van der Waals surface area contributed by atoms with Gasteiger partial charge in [-0.05, 0) is 36.4 Å². The van der Waals surface area contributed by atoms with Gasteiger partial charge in [-0.2, -0.15) is 0 Å². The van der Waals surface area contributed by atoms with Crippen LogP contribution in [0.2, 0.25) is 0 Å². The molecule has 1 aliphatic rings. The summed E-state index contributed by atoms with van der Waals surface area (Å²) < 4.78 is 10.5. The molecule has 0 saturated carbocycles. The summed E-state index contributed by atoms with van der Waals surface area (Å²) in [7, 11) is 0. The zero-order chi connectivity index (χ0) is 17.6. The predicted molar refractivity (Wildman–Crippen MR) is 91.4 cm³/mol. The van der Waals surface area contributed by atoms with Crippen LogP contribution in [-0.4, -0.2) is 25.3 Å². The molecule has 2 aromatic rings. The molecule has 0 saturated heterocycles. The standard InChI is InChI=1S/C18H15N3O4/c19-17(22)13-5-3-12(4-6-13)2-1-9-20-18(23)21-14-7-8-15-16(10-14)25-11-24-15/h3-8,10H,9,11H2,(H2,19,22)(H2,20,21,23). The van der Waals surface area contributed by atoms with Gasteiger partial charge in [0.05, 0.1) is 6.54 Å². The van der Waals surface area contributed by atoms with Gasteiger partial charge in [0.2, 0.25) is 12.7 Å². The number of nitrogens with two attached hydrogens (primary N) is 1. The molecule has 0 spiro atoms. The van der Waals surface area contributed by atoms with Gasteiger partial charge < -0.3 is 25.8 Å². The molecular formula is C18H15N3O4. The van der Waals surface area contributed by atoms with Crippen molar-refractivity contribution in [3.8, 4) is 23.3 Å². The van der Waals surface area contributed by atoms with Crippen LogP contribution in [0, 0.1) is 11.8 Å². The highest BCUT2D eigenvalue weighted by Crippen LogP contribution is 2.34. The van der Waals surface area contributed by atoms with E-state index in [1.165, 1.54) is 0 Å². The van der Waals surface area contributed by atoms with Crippen molar-refractivity contribution >= 4 is 17.6 Å². The van der Waals surface area contributed by atoms with Gasteiger partial charge in [0.15, 0.2) is 11.5 Å². The van der Waals surface area contributed by atoms with Crippen molar-refractivity contribution in [1.29, 1.82) is 0 Å². The normalized spacial score (nSPS) is 11.2. The molecule has 0 fully saturated rings. The minimum Gasteiger partial charge on any atom is -0.454 e. The fourth-order valence-electron chi connectivity index (χ4n) is 2.14. The number of ether oxygens (including phenoxy) is 2. The fourth-order valence-corrected chi connectivity index (χ4v) is 2.14. The molecule has 3 rings (SSSR count). The van der Waals surface area contributed by atoms with Crippen LogP contribution < -0.4 is 25.8 Å². The van der Waals surface area contributed by atoms with Crippen molar-refractivity contribution in [1.82, 2.24) is 5.32 Å². The van der Waals surface area contributed by atoms with Crippen LogP contribution in [-0.2, 0) is 0 Å². The Morgan fingerprint density at radius 2 is 1.84 bits per heavy atom. The highest BCUT2D eigenvalue weighted by Gasteiger charge is 2.13. The SMILES string of the molecule is NC(=O)c1ccc(C#CCNC(=O)Nc2ccc3c(c2)OCO3)cc1. The summed E-state index contributed by atoms with van der Waals surface area (Å²) in [6.07, 6.45) is 0. The number of hydrogen-bond donors (Lipinski definition) is 3. The van der Waals surface area contributed by atoms with Gasteiger partial charge in [0.25, 0.3) is 0 Å². The average Bonchev–Trinajstić information content (AvgIpc) is 3.07. The van der Waals surface area contributed by atoms with Crippen molar-refractivity contribution in [3.05, 3.63) is 53.6 Å². The predicted octanol–water partition coefficient (Wildman–Crippen LogP) is 1.69. The van der Waals surface area contributed by atoms with E-state index in [1.54, 1.807) is 42.5 Å². The topological polar surface area (TPSA) is 103 Å². The van der Waals surface area contributed by atoms with E-state index in [-0.39, 0.29) is 19.4 Å². The number of benzene rings is 2. The van der Waals surface area contributed by atoms with Crippen LogP contribution in [0.3, 0.4) is 0 Å². The lowest BCUT2D eigenvalue weighted by molar-refractivity contribution is 0.1000. The molecule has 1 heterocycles. The number of carbonyl (C=O) groups excluding carboxylic acids is 2. The number of carbonyl (C=O) groups is 2. The summed E-state index contributed by atoms with van der Waals surface area (Å²) in [5.41, 5.74) is 6.91. The third-order valence-electron chi connectivity index (χ3n) is 3.37. The quantitative estimate of drug-likeness (QED) is 0.742. The van der Waals surface area contributed by atoms with E-state index in [4.69, 9.17) is 15.2 Å². The first-order chi connectivity index (χ1) is 12.1. The minimum absolute atomic E-state index is 0.175. The lowest BCUT2D eigenvalue weighted by atomic mass is 10.1. The smallest absolute Gasteiger partial charge is 0.319 e. The molecule has 126 valence electrons. The number of hydrogen-bond acceptors (Lipinski definition) is 4. The fraction of sp³-hybridized carbons (Fsp3) is 0.111. The maximum absolute atomic E-state index is 11.8. The van der Waals surface area contributed by atoms with Crippen molar-refractivity contribution in [3.63, 3.8) is 0 Å². The van der Waals surface area contributed by atoms with Crippen LogP contribution >= 0.6 is 0 Å². The first-order valence-corrected chi connectivity index (χ1v) is 7.45. The summed E-state index contributed by atoms with van der Waals surface area (Å²) in [4.78, 5) is 22.8. The van der Waals surface area contributed by atoms with E-state index in [1.807, 2.05) is 0 Å². The number of amides is 3. The number of anilines is 1. The number of urea groups is 1. The van der Waals surface area contributed by atoms with Crippen molar-refractivity contribution in [2.75, 3.05) is 18.7 Å². The van der Waals surface area contributed by atoms with E-state index >= 15 is 0 Å². The molecule has 25 heavy (non-hydrogen) atoms. The summed E-state index contributed by atoms with van der Waals surface area (Å²) in [5, 5.41) is 5.31. The van der Waals surface area contributed by atoms with Crippen molar-refractivity contribution in [2.24, 2.45) is 5.73 Å². The first-order valence-electron chi connectivity index (χ1n) is 7.45. The molecule has 3 amide bonds. The molecule has 4 N–H and O–H groups in total. The molecule has 0 aromatic heterocycles. The Balaban J connectivity index is 1.49. The second kappa shape index (κ2) is 7.27. The second-order valence-corrected chi connectivity index (χ2v) is 5.12. The molecule has 0 unspecified atom stereocenters. The molecule has 0 atom stereocenters. The summed E-state index contributed by atoms with van der Waals surface area (Å²) in [6.45, 7) is 0.356. The van der Waals surface area contributed by atoms with E-state index in [2.05, 4.69) is 22.5 Å². The van der Waals surface area contributed by atoms with E-state index < -0.39 is 5.91 Å². The third kappa shape index (κ3) is 4.20. The highest BCUT2D eigenvalue weighted by atomic mass is 16.7. The Kier molecular flexibility index (Phi) is 4.72. The lowest BCUT2D eigenvalue weighted by Crippen LogP contribution is -2.28. The Labute approximate surface area is 144 Å². The number of primary amides is 1. The van der Waals surface area contributed by atoms with E-state index in [9.17, 15) is 9.59 Å². The van der Waals surface area contributed by atoms with E-state index in [0.29, 0.717) is 22.7 Å². The Hall–Kier alpha value is -3.66. The van der Waals surface area contributed by atoms with Crippen LogP contribution in [0.5, 0.6) is 11.5 Å². The maximum atomic E-state index is 11.8. The third-order valence-corrected chi connectivity index (χ3v) is 3.37. The summed E-state index contributed by atoms with van der Waals surface area (Å²) in [6, 6.07) is 11.4. The zero-order valence-corrected chi connectivity index (χ0v) is 13.2. The van der Waals surface area contributed by atoms with Crippen LogP contribution in [0.15, 0.2) is 42.5 Å². The second-order valence-electron chi connectivity index (χ2n) is 5.12. The summed E-state index contributed by atoms with van der Waals surface area (Å²) in [5.74, 6) is 6.47. The van der Waals surface area contributed by atoms with Crippen molar-refractivity contribution < 1.29 is 19.1 Å². The van der Waals surface area contributed by atoms with Gasteiger partial charge in [-0.3, -0.25) is 4.79 Å². The largest absolute Gasteiger partial charge is 0.454 e. The molecule has 7 heteroatoms. The molecular weight excluding hydrogens is 322 g/mol. The van der Waals surface area contributed by atoms with Crippen molar-refractivity contribution in [2.45, 2.75) is 0 Å². The van der Waals surface area contributed by atoms with Crippen LogP contribution in [0.4, 0.5) is 10.5 Å². The Morgan fingerprint density at radius 3 is 2.60 bits per heavy atom. The Bertz CT molecular complexity index is 866. The van der Waals surface area contributed by atoms with Gasteiger partial charge in [-0.25, -0.2) is 4.79 Å². The van der Waals surface area contributed by atoms with Crippen LogP contribution in [0.1, 0.15) is 15.9 Å². The number of rotatable bonds is 3. The number of fused-ring (bicyclic) bond motifs is 1. The molecule has 0 radical (unpaired) electrons. The zero-order valence-electron chi connectivity index (χ0n) is 13.2. The van der Waals surface area contributed by atoms with Gasteiger partial charge in [0, 0.05) is 22.9 Å². The highest BCUT2D eigenvalue weighted by molar-refractivity contribution is 5.92. The van der Waals surface area contributed by atoms with Gasteiger partial charge in [0.1, 0.15) is 0 Å². The lowest BCUT2D eigenvalue weighted by Gasteiger charge is -2.06. The van der Waals surface area contributed by atoms with Gasteiger partial charge in [-0.15, -0.1) is 0 Å². The molecule has 0 aliphatic carbocycles. The average molecular weight is 337 g/mol. The van der Waals surface area contributed by atoms with Crippen LogP contribution in [0.25, 0.3) is 0 Å². The Morgan fingerprint density at radius 1 is 1.08 bits per heavy atom. The monoisotopic (exact) mass is 337 g/mol. The maximum Gasteiger partial charge on any atom is 0.319 e. The first kappa shape index (κ1) is 16.2.